The molecule has 6 nitrogen and oxygen atoms in total. The lowest BCUT2D eigenvalue weighted by atomic mass is 10.0. The van der Waals surface area contributed by atoms with Gasteiger partial charge in [-0.25, -0.2) is 0 Å². The Morgan fingerprint density at radius 3 is 2.39 bits per heavy atom. The van der Waals surface area contributed by atoms with Gasteiger partial charge in [0, 0.05) is 10.9 Å². The lowest BCUT2D eigenvalue weighted by Crippen LogP contribution is -2.50. The number of furan rings is 1. The minimum atomic E-state index is -0.667. The summed E-state index contributed by atoms with van der Waals surface area (Å²) in [4.78, 5) is 25.6. The van der Waals surface area contributed by atoms with E-state index in [1.807, 2.05) is 71.0 Å². The van der Waals surface area contributed by atoms with Crippen molar-refractivity contribution in [1.82, 2.24) is 10.6 Å². The Morgan fingerprint density at radius 2 is 1.74 bits per heavy atom. The first-order valence-electron chi connectivity index (χ1n) is 10.6. The molecule has 0 saturated carbocycles. The molecule has 2 N–H and O–H groups in total. The molecule has 0 aliphatic heterocycles. The molecule has 0 saturated heterocycles. The Morgan fingerprint density at radius 1 is 1.03 bits per heavy atom. The van der Waals surface area contributed by atoms with Gasteiger partial charge in [-0.1, -0.05) is 43.7 Å². The first-order chi connectivity index (χ1) is 14.8. The molecule has 2 atom stereocenters. The minimum absolute atomic E-state index is 0.0816. The zero-order chi connectivity index (χ0) is 22.5. The zero-order valence-corrected chi connectivity index (χ0v) is 18.7. The Hall–Kier alpha value is -3.28. The van der Waals surface area contributed by atoms with Gasteiger partial charge in [-0.3, -0.25) is 9.59 Å². The SMILES string of the molecule is CCOc1cccc2cc(C(C)NC(=O)C(NC(=O)c3ccc(C)cc3)C(C)C)oc12. The third kappa shape index (κ3) is 5.26. The van der Waals surface area contributed by atoms with E-state index in [4.69, 9.17) is 9.15 Å². The Labute approximate surface area is 183 Å². The predicted molar refractivity (Wildman–Crippen MR) is 121 cm³/mol. The quantitative estimate of drug-likeness (QED) is 0.548. The van der Waals surface area contributed by atoms with E-state index in [0.717, 1.165) is 10.9 Å². The largest absolute Gasteiger partial charge is 0.490 e. The lowest BCUT2D eigenvalue weighted by molar-refractivity contribution is -0.124. The highest BCUT2D eigenvalue weighted by molar-refractivity contribution is 5.97. The molecular weight excluding hydrogens is 392 g/mol. The molecule has 0 spiro atoms. The lowest BCUT2D eigenvalue weighted by Gasteiger charge is -2.23. The number of benzene rings is 2. The summed E-state index contributed by atoms with van der Waals surface area (Å²) in [5.74, 6) is 0.694. The predicted octanol–water partition coefficient (Wildman–Crippen LogP) is 4.77. The number of carbonyl (C=O) groups is 2. The van der Waals surface area contributed by atoms with Gasteiger partial charge in [-0.05, 0) is 51.0 Å². The average molecular weight is 423 g/mol. The van der Waals surface area contributed by atoms with Gasteiger partial charge >= 0.3 is 0 Å². The number of carbonyl (C=O) groups excluding carboxylic acids is 2. The molecule has 0 radical (unpaired) electrons. The van der Waals surface area contributed by atoms with E-state index >= 15 is 0 Å². The van der Waals surface area contributed by atoms with Crippen molar-refractivity contribution in [2.45, 2.75) is 46.7 Å². The molecule has 0 fully saturated rings. The van der Waals surface area contributed by atoms with E-state index in [9.17, 15) is 9.59 Å². The van der Waals surface area contributed by atoms with Crippen LogP contribution in [0.1, 0.15) is 55.4 Å². The van der Waals surface area contributed by atoms with Crippen molar-refractivity contribution < 1.29 is 18.7 Å². The van der Waals surface area contributed by atoms with Crippen LogP contribution in [0.5, 0.6) is 5.75 Å². The van der Waals surface area contributed by atoms with Crippen molar-refractivity contribution in [3.8, 4) is 5.75 Å². The number of nitrogens with one attached hydrogen (secondary N) is 2. The molecule has 164 valence electrons. The molecule has 1 heterocycles. The molecule has 31 heavy (non-hydrogen) atoms. The molecule has 6 heteroatoms. The normalized spacial score (nSPS) is 13.1. The van der Waals surface area contributed by atoms with Crippen LogP contribution in [0, 0.1) is 12.8 Å². The summed E-state index contributed by atoms with van der Waals surface area (Å²) in [6.45, 7) is 10.1. The fourth-order valence-corrected chi connectivity index (χ4v) is 3.38. The van der Waals surface area contributed by atoms with Gasteiger partial charge in [0.15, 0.2) is 11.3 Å². The van der Waals surface area contributed by atoms with E-state index in [-0.39, 0.29) is 23.8 Å². The molecule has 2 aromatic carbocycles. The Kier molecular flexibility index (Phi) is 7.00. The maximum absolute atomic E-state index is 13.0. The van der Waals surface area contributed by atoms with Crippen molar-refractivity contribution in [3.63, 3.8) is 0 Å². The number of fused-ring (bicyclic) bond motifs is 1. The highest BCUT2D eigenvalue weighted by Gasteiger charge is 2.27. The second-order valence-electron chi connectivity index (χ2n) is 8.05. The molecule has 1 aromatic heterocycles. The summed E-state index contributed by atoms with van der Waals surface area (Å²) in [5.41, 5.74) is 2.26. The van der Waals surface area contributed by atoms with E-state index in [2.05, 4.69) is 10.6 Å². The standard InChI is InChI=1S/C25H30N2O4/c1-6-30-20-9-7-8-19-14-21(31-23(19)20)17(5)26-25(29)22(15(2)3)27-24(28)18-12-10-16(4)11-13-18/h7-15,17,22H,6H2,1-5H3,(H,26,29)(H,27,28). The van der Waals surface area contributed by atoms with Gasteiger partial charge in [0.25, 0.3) is 5.91 Å². The number of para-hydroxylation sites is 1. The number of rotatable bonds is 8. The zero-order valence-electron chi connectivity index (χ0n) is 18.7. The molecule has 0 bridgehead atoms. The van der Waals surface area contributed by atoms with Crippen molar-refractivity contribution in [2.24, 2.45) is 5.92 Å². The van der Waals surface area contributed by atoms with Crippen LogP contribution in [0.25, 0.3) is 11.0 Å². The van der Waals surface area contributed by atoms with Gasteiger partial charge in [0.2, 0.25) is 5.91 Å². The van der Waals surface area contributed by atoms with Gasteiger partial charge in [0.1, 0.15) is 11.8 Å². The van der Waals surface area contributed by atoms with Crippen LogP contribution < -0.4 is 15.4 Å². The molecule has 0 aliphatic carbocycles. The maximum atomic E-state index is 13.0. The summed E-state index contributed by atoms with van der Waals surface area (Å²) >= 11 is 0. The van der Waals surface area contributed by atoms with Gasteiger partial charge in [0.05, 0.1) is 12.6 Å². The molecule has 2 amide bonds. The van der Waals surface area contributed by atoms with Crippen molar-refractivity contribution >= 4 is 22.8 Å². The Bertz CT molecular complexity index is 1050. The fraction of sp³-hybridized carbons (Fsp3) is 0.360. The van der Waals surface area contributed by atoms with Crippen LogP contribution in [-0.4, -0.2) is 24.5 Å². The van der Waals surface area contributed by atoms with Crippen LogP contribution >= 0.6 is 0 Å². The minimum Gasteiger partial charge on any atom is -0.490 e. The van der Waals surface area contributed by atoms with Gasteiger partial charge in [-0.2, -0.15) is 0 Å². The van der Waals surface area contributed by atoms with Crippen molar-refractivity contribution in [2.75, 3.05) is 6.61 Å². The molecule has 2 unspecified atom stereocenters. The molecule has 3 aromatic rings. The smallest absolute Gasteiger partial charge is 0.251 e. The van der Waals surface area contributed by atoms with Crippen LogP contribution in [0.3, 0.4) is 0 Å². The monoisotopic (exact) mass is 422 g/mol. The average Bonchev–Trinajstić information content (AvgIpc) is 3.18. The highest BCUT2D eigenvalue weighted by Crippen LogP contribution is 2.31. The maximum Gasteiger partial charge on any atom is 0.251 e. The second-order valence-corrected chi connectivity index (χ2v) is 8.05. The number of hydrogen-bond donors (Lipinski definition) is 2. The molecule has 3 rings (SSSR count). The van der Waals surface area contributed by atoms with Crippen LogP contribution in [-0.2, 0) is 4.79 Å². The number of amides is 2. The molecule has 0 aliphatic rings. The Balaban J connectivity index is 1.73. The van der Waals surface area contributed by atoms with E-state index in [1.54, 1.807) is 12.1 Å². The van der Waals surface area contributed by atoms with Gasteiger partial charge < -0.3 is 19.8 Å². The summed E-state index contributed by atoms with van der Waals surface area (Å²) < 4.78 is 11.6. The summed E-state index contributed by atoms with van der Waals surface area (Å²) in [6, 6.07) is 13.8. The summed E-state index contributed by atoms with van der Waals surface area (Å²) in [6.07, 6.45) is 0. The fourth-order valence-electron chi connectivity index (χ4n) is 3.38. The van der Waals surface area contributed by atoms with E-state index in [1.165, 1.54) is 0 Å². The summed E-state index contributed by atoms with van der Waals surface area (Å²) in [7, 11) is 0. The second kappa shape index (κ2) is 9.69. The molecular formula is C25H30N2O4. The third-order valence-electron chi connectivity index (χ3n) is 5.16. The topological polar surface area (TPSA) is 80.6 Å². The summed E-state index contributed by atoms with van der Waals surface area (Å²) in [5, 5.41) is 6.74. The van der Waals surface area contributed by atoms with Crippen LogP contribution in [0.4, 0.5) is 0 Å². The van der Waals surface area contributed by atoms with Crippen LogP contribution in [0.15, 0.2) is 52.9 Å². The first-order valence-corrected chi connectivity index (χ1v) is 10.6. The number of hydrogen-bond acceptors (Lipinski definition) is 4. The van der Waals surface area contributed by atoms with Crippen molar-refractivity contribution in [1.29, 1.82) is 0 Å². The highest BCUT2D eigenvalue weighted by atomic mass is 16.5. The third-order valence-corrected chi connectivity index (χ3v) is 5.16. The van der Waals surface area contributed by atoms with Gasteiger partial charge in [-0.15, -0.1) is 0 Å². The van der Waals surface area contributed by atoms with E-state index in [0.29, 0.717) is 29.3 Å². The van der Waals surface area contributed by atoms with Crippen LogP contribution in [0.2, 0.25) is 0 Å². The number of ether oxygens (including phenoxy) is 1. The van der Waals surface area contributed by atoms with Crippen molar-refractivity contribution in [3.05, 3.63) is 65.4 Å². The first kappa shape index (κ1) is 22.4. The van der Waals surface area contributed by atoms with E-state index < -0.39 is 6.04 Å². The number of aryl methyl sites for hydroxylation is 1.